The predicted octanol–water partition coefficient (Wildman–Crippen LogP) is 3.71. The molecule has 4 nitrogen and oxygen atoms in total. The van der Waals surface area contributed by atoms with Crippen LogP contribution in [0.25, 0.3) is 0 Å². The number of hydrogen-bond acceptors (Lipinski definition) is 3. The van der Waals surface area contributed by atoms with Gasteiger partial charge < -0.3 is 14.7 Å². The Kier molecular flexibility index (Phi) is 4.98. The molecule has 0 aliphatic carbocycles. The molecule has 2 aliphatic rings. The zero-order valence-electron chi connectivity index (χ0n) is 15.2. The molecule has 27 heavy (non-hydrogen) atoms. The van der Waals surface area contributed by atoms with E-state index in [1.165, 1.54) is 24.3 Å². The molecular weight excluding hydrogens is 345 g/mol. The summed E-state index contributed by atoms with van der Waals surface area (Å²) in [5.74, 6) is -0.429. The Morgan fingerprint density at radius 2 is 1.74 bits per heavy atom. The second kappa shape index (κ2) is 7.41. The molecule has 2 aromatic carbocycles. The molecule has 0 saturated carbocycles. The summed E-state index contributed by atoms with van der Waals surface area (Å²) in [5.41, 5.74) is 1.19. The minimum atomic E-state index is -0.400. The van der Waals surface area contributed by atoms with Gasteiger partial charge in [0, 0.05) is 31.5 Å². The van der Waals surface area contributed by atoms with Gasteiger partial charge in [-0.15, -0.1) is 0 Å². The number of aliphatic hydroxyl groups excluding tert-OH is 1. The van der Waals surface area contributed by atoms with Crippen molar-refractivity contribution >= 4 is 5.91 Å². The molecule has 1 amide bonds. The molecule has 1 spiro atoms. The minimum absolute atomic E-state index is 0.0826. The standard InChI is InChI=1S/C22H24FNO3/c23-18-8-6-17(7-9-18)21(26)24-12-10-22(11-13-24)15-19(25)14-20(27-22)16-4-2-1-3-5-16/h1-9,19-20,25H,10-15H2/t19-,20+/m0/s1. The second-order valence-electron chi connectivity index (χ2n) is 7.59. The van der Waals surface area contributed by atoms with E-state index in [1.807, 2.05) is 30.3 Å². The first-order chi connectivity index (χ1) is 13.0. The van der Waals surface area contributed by atoms with Crippen molar-refractivity contribution < 1.29 is 19.0 Å². The van der Waals surface area contributed by atoms with Gasteiger partial charge in [0.15, 0.2) is 0 Å². The quantitative estimate of drug-likeness (QED) is 0.878. The molecule has 4 rings (SSSR count). The van der Waals surface area contributed by atoms with Crippen LogP contribution >= 0.6 is 0 Å². The number of halogens is 1. The Hall–Kier alpha value is -2.24. The number of nitrogens with zero attached hydrogens (tertiary/aromatic N) is 1. The molecule has 2 saturated heterocycles. The predicted molar refractivity (Wildman–Crippen MR) is 99.8 cm³/mol. The molecule has 2 fully saturated rings. The topological polar surface area (TPSA) is 49.8 Å². The van der Waals surface area contributed by atoms with E-state index in [2.05, 4.69) is 0 Å². The van der Waals surface area contributed by atoms with Gasteiger partial charge in [-0.25, -0.2) is 4.39 Å². The Labute approximate surface area is 158 Å². The monoisotopic (exact) mass is 369 g/mol. The highest BCUT2D eigenvalue weighted by atomic mass is 19.1. The molecule has 2 heterocycles. The number of piperidine rings is 1. The highest BCUT2D eigenvalue weighted by molar-refractivity contribution is 5.94. The first-order valence-electron chi connectivity index (χ1n) is 9.50. The number of hydrogen-bond donors (Lipinski definition) is 1. The molecule has 0 bridgehead atoms. The van der Waals surface area contributed by atoms with Crippen LogP contribution in [0.2, 0.25) is 0 Å². The van der Waals surface area contributed by atoms with Gasteiger partial charge >= 0.3 is 0 Å². The summed E-state index contributed by atoms with van der Waals surface area (Å²) >= 11 is 0. The van der Waals surface area contributed by atoms with Gasteiger partial charge in [0.1, 0.15) is 5.82 Å². The first kappa shape index (κ1) is 18.1. The van der Waals surface area contributed by atoms with Gasteiger partial charge in [-0.2, -0.15) is 0 Å². The van der Waals surface area contributed by atoms with Crippen molar-refractivity contribution in [2.75, 3.05) is 13.1 Å². The number of carbonyl (C=O) groups excluding carboxylic acids is 1. The number of ether oxygens (including phenoxy) is 1. The second-order valence-corrected chi connectivity index (χ2v) is 7.59. The molecular formula is C22H24FNO3. The Bertz CT molecular complexity index is 785. The fourth-order valence-electron chi connectivity index (χ4n) is 4.24. The van der Waals surface area contributed by atoms with E-state index < -0.39 is 11.7 Å². The third-order valence-electron chi connectivity index (χ3n) is 5.71. The average Bonchev–Trinajstić information content (AvgIpc) is 2.69. The van der Waals surface area contributed by atoms with E-state index >= 15 is 0 Å². The van der Waals surface area contributed by atoms with E-state index in [1.54, 1.807) is 4.90 Å². The van der Waals surface area contributed by atoms with Crippen LogP contribution in [0.5, 0.6) is 0 Å². The van der Waals surface area contributed by atoms with Crippen molar-refractivity contribution in [2.45, 2.75) is 43.5 Å². The molecule has 142 valence electrons. The maximum Gasteiger partial charge on any atom is 0.253 e. The van der Waals surface area contributed by atoms with Crippen molar-refractivity contribution in [3.05, 3.63) is 71.5 Å². The summed E-state index contributed by atoms with van der Waals surface area (Å²) < 4.78 is 19.6. The lowest BCUT2D eigenvalue weighted by Gasteiger charge is -2.48. The summed E-state index contributed by atoms with van der Waals surface area (Å²) in [6, 6.07) is 15.7. The van der Waals surface area contributed by atoms with Gasteiger partial charge in [0.2, 0.25) is 0 Å². The normalized spacial score (nSPS) is 24.7. The molecule has 0 aromatic heterocycles. The smallest absolute Gasteiger partial charge is 0.253 e. The fraction of sp³-hybridized carbons (Fsp3) is 0.409. The van der Waals surface area contributed by atoms with Gasteiger partial charge in [0.25, 0.3) is 5.91 Å². The van der Waals surface area contributed by atoms with Gasteiger partial charge in [0.05, 0.1) is 17.8 Å². The van der Waals surface area contributed by atoms with Crippen LogP contribution in [0.3, 0.4) is 0 Å². The largest absolute Gasteiger partial charge is 0.393 e. The highest BCUT2D eigenvalue weighted by Crippen LogP contribution is 2.43. The maximum atomic E-state index is 13.1. The number of rotatable bonds is 2. The number of aliphatic hydroxyl groups is 1. The lowest BCUT2D eigenvalue weighted by atomic mass is 9.81. The number of benzene rings is 2. The van der Waals surface area contributed by atoms with Crippen LogP contribution < -0.4 is 0 Å². The van der Waals surface area contributed by atoms with Crippen molar-refractivity contribution in [1.82, 2.24) is 4.90 Å². The van der Waals surface area contributed by atoms with Crippen LogP contribution in [0.4, 0.5) is 4.39 Å². The number of carbonyl (C=O) groups is 1. The third-order valence-corrected chi connectivity index (χ3v) is 5.71. The molecule has 5 heteroatoms. The van der Waals surface area contributed by atoms with Crippen molar-refractivity contribution in [3.63, 3.8) is 0 Å². The number of likely N-dealkylation sites (tertiary alicyclic amines) is 1. The van der Waals surface area contributed by atoms with E-state index in [0.717, 1.165) is 5.56 Å². The van der Waals surface area contributed by atoms with Crippen LogP contribution in [-0.4, -0.2) is 40.7 Å². The third kappa shape index (κ3) is 3.89. The molecule has 0 radical (unpaired) electrons. The van der Waals surface area contributed by atoms with Crippen molar-refractivity contribution in [2.24, 2.45) is 0 Å². The van der Waals surface area contributed by atoms with Gasteiger partial charge in [-0.05, 0) is 42.7 Å². The zero-order chi connectivity index (χ0) is 18.9. The summed E-state index contributed by atoms with van der Waals surface area (Å²) in [7, 11) is 0. The lowest BCUT2D eigenvalue weighted by Crippen LogP contribution is -2.52. The zero-order valence-corrected chi connectivity index (χ0v) is 15.2. The van der Waals surface area contributed by atoms with Crippen LogP contribution in [0, 0.1) is 5.82 Å². The summed E-state index contributed by atoms with van der Waals surface area (Å²) in [6.07, 6.45) is 2.08. The molecule has 2 aromatic rings. The van der Waals surface area contributed by atoms with Crippen molar-refractivity contribution in [3.8, 4) is 0 Å². The van der Waals surface area contributed by atoms with Crippen LogP contribution in [0.15, 0.2) is 54.6 Å². The average molecular weight is 369 g/mol. The molecule has 2 atom stereocenters. The Morgan fingerprint density at radius 1 is 1.07 bits per heavy atom. The summed E-state index contributed by atoms with van der Waals surface area (Å²) in [5, 5.41) is 10.4. The Balaban J connectivity index is 1.44. The van der Waals surface area contributed by atoms with Crippen LogP contribution in [0.1, 0.15) is 47.7 Å². The minimum Gasteiger partial charge on any atom is -0.393 e. The van der Waals surface area contributed by atoms with Crippen molar-refractivity contribution in [1.29, 1.82) is 0 Å². The van der Waals surface area contributed by atoms with Gasteiger partial charge in [-0.3, -0.25) is 4.79 Å². The van der Waals surface area contributed by atoms with E-state index in [9.17, 15) is 14.3 Å². The molecule has 2 aliphatic heterocycles. The fourth-order valence-corrected chi connectivity index (χ4v) is 4.24. The lowest BCUT2D eigenvalue weighted by molar-refractivity contribution is -0.181. The first-order valence-corrected chi connectivity index (χ1v) is 9.50. The Morgan fingerprint density at radius 3 is 2.41 bits per heavy atom. The van der Waals surface area contributed by atoms with E-state index in [-0.39, 0.29) is 17.8 Å². The van der Waals surface area contributed by atoms with Crippen LogP contribution in [-0.2, 0) is 4.74 Å². The van der Waals surface area contributed by atoms with Gasteiger partial charge in [-0.1, -0.05) is 30.3 Å². The summed E-state index contributed by atoms with van der Waals surface area (Å²) in [6.45, 7) is 1.15. The maximum absolute atomic E-state index is 13.1. The molecule has 1 N–H and O–H groups in total. The number of amides is 1. The highest BCUT2D eigenvalue weighted by Gasteiger charge is 2.44. The molecule has 0 unspecified atom stereocenters. The van der Waals surface area contributed by atoms with E-state index in [0.29, 0.717) is 44.3 Å². The SMILES string of the molecule is O=C(c1ccc(F)cc1)N1CCC2(CC1)C[C@@H](O)C[C@H](c1ccccc1)O2. The summed E-state index contributed by atoms with van der Waals surface area (Å²) in [4.78, 5) is 14.4. The van der Waals surface area contributed by atoms with E-state index in [4.69, 9.17) is 4.74 Å².